The zero-order valence-corrected chi connectivity index (χ0v) is 11.4. The van der Waals surface area contributed by atoms with Crippen LogP contribution in [0.3, 0.4) is 0 Å². The fourth-order valence-electron chi connectivity index (χ4n) is 2.64. The van der Waals surface area contributed by atoms with Gasteiger partial charge in [0.15, 0.2) is 5.82 Å². The van der Waals surface area contributed by atoms with E-state index in [-0.39, 0.29) is 0 Å². The highest BCUT2D eigenvalue weighted by molar-refractivity contribution is 5.75. The Balaban J connectivity index is 1.95. The zero-order chi connectivity index (χ0) is 14.3. The molecule has 0 bridgehead atoms. The smallest absolute Gasteiger partial charge is 0.311 e. The van der Waals surface area contributed by atoms with E-state index < -0.39 is 11.4 Å². The van der Waals surface area contributed by atoms with Crippen molar-refractivity contribution < 1.29 is 9.90 Å². The van der Waals surface area contributed by atoms with E-state index in [9.17, 15) is 9.90 Å². The van der Waals surface area contributed by atoms with E-state index in [0.29, 0.717) is 25.2 Å². The normalized spacial score (nSPS) is 16.9. The van der Waals surface area contributed by atoms with Gasteiger partial charge in [-0.15, -0.1) is 5.10 Å². The summed E-state index contributed by atoms with van der Waals surface area (Å²) in [7, 11) is 1.82. The van der Waals surface area contributed by atoms with E-state index in [2.05, 4.69) is 20.6 Å². The van der Waals surface area contributed by atoms with Crippen molar-refractivity contribution in [1.29, 1.82) is 0 Å². The molecule has 1 saturated carbocycles. The van der Waals surface area contributed by atoms with Crippen molar-refractivity contribution in [3.63, 3.8) is 0 Å². The molecule has 1 aliphatic carbocycles. The summed E-state index contributed by atoms with van der Waals surface area (Å²) in [6, 6.07) is 1.89. The highest BCUT2D eigenvalue weighted by atomic mass is 16.4. The van der Waals surface area contributed by atoms with Crippen molar-refractivity contribution in [1.82, 2.24) is 30.0 Å². The van der Waals surface area contributed by atoms with E-state index in [1.54, 1.807) is 9.36 Å². The third-order valence-electron chi connectivity index (χ3n) is 3.98. The molecule has 1 fully saturated rings. The van der Waals surface area contributed by atoms with Crippen LogP contribution in [0.15, 0.2) is 6.07 Å². The number of carboxylic acids is 1. The lowest BCUT2D eigenvalue weighted by atomic mass is 9.69. The predicted molar refractivity (Wildman–Crippen MR) is 68.7 cm³/mol. The third kappa shape index (κ3) is 1.87. The predicted octanol–water partition coefficient (Wildman–Crippen LogP) is 0.637. The number of hydrogen-bond donors (Lipinski definition) is 1. The van der Waals surface area contributed by atoms with Gasteiger partial charge in [0, 0.05) is 7.05 Å². The maximum Gasteiger partial charge on any atom is 0.311 e. The molecule has 0 aromatic carbocycles. The van der Waals surface area contributed by atoms with Gasteiger partial charge in [0.25, 0.3) is 0 Å². The molecule has 0 spiro atoms. The summed E-state index contributed by atoms with van der Waals surface area (Å²) < 4.78 is 3.27. The van der Waals surface area contributed by atoms with Crippen LogP contribution in [0, 0.1) is 12.3 Å². The Morgan fingerprint density at radius 3 is 2.75 bits per heavy atom. The van der Waals surface area contributed by atoms with Crippen molar-refractivity contribution in [2.24, 2.45) is 12.5 Å². The molecule has 0 amide bonds. The summed E-state index contributed by atoms with van der Waals surface area (Å²) in [6.07, 6.45) is 2.28. The van der Waals surface area contributed by atoms with Gasteiger partial charge in [0.05, 0.1) is 17.7 Å². The van der Waals surface area contributed by atoms with E-state index in [1.807, 2.05) is 20.0 Å². The molecule has 0 aliphatic heterocycles. The quantitative estimate of drug-likeness (QED) is 0.879. The number of nitrogens with zero attached hydrogens (tertiary/aromatic N) is 6. The van der Waals surface area contributed by atoms with Gasteiger partial charge in [-0.2, -0.15) is 5.10 Å². The van der Waals surface area contributed by atoms with Crippen LogP contribution >= 0.6 is 0 Å². The first-order chi connectivity index (χ1) is 9.52. The highest BCUT2D eigenvalue weighted by Gasteiger charge is 2.45. The van der Waals surface area contributed by atoms with Gasteiger partial charge in [-0.25, -0.2) is 4.68 Å². The van der Waals surface area contributed by atoms with Crippen molar-refractivity contribution >= 4 is 5.97 Å². The lowest BCUT2D eigenvalue weighted by Gasteiger charge is -2.37. The lowest BCUT2D eigenvalue weighted by molar-refractivity contribution is -0.156. The molecular weight excluding hydrogens is 260 g/mol. The minimum absolute atomic E-state index is 0.300. The summed E-state index contributed by atoms with van der Waals surface area (Å²) in [5.74, 6) is -0.216. The Hall–Kier alpha value is -2.25. The van der Waals surface area contributed by atoms with Crippen LogP contribution in [0.4, 0.5) is 0 Å². The Morgan fingerprint density at radius 2 is 2.25 bits per heavy atom. The molecule has 0 unspecified atom stereocenters. The summed E-state index contributed by atoms with van der Waals surface area (Å²) in [4.78, 5) is 11.4. The number of tetrazole rings is 1. The van der Waals surface area contributed by atoms with Crippen LogP contribution in [0.5, 0.6) is 0 Å². The molecule has 0 saturated heterocycles. The first kappa shape index (κ1) is 12.8. The second kappa shape index (κ2) is 4.39. The highest BCUT2D eigenvalue weighted by Crippen LogP contribution is 2.43. The van der Waals surface area contributed by atoms with Crippen LogP contribution in [-0.4, -0.2) is 41.1 Å². The number of carbonyl (C=O) groups is 1. The Morgan fingerprint density at radius 1 is 1.50 bits per heavy atom. The first-order valence-corrected chi connectivity index (χ1v) is 6.52. The maximum atomic E-state index is 11.4. The third-order valence-corrected chi connectivity index (χ3v) is 3.98. The molecule has 0 atom stereocenters. The molecule has 2 aromatic heterocycles. The average molecular weight is 276 g/mol. The standard InChI is InChI=1S/C12H16N6O2/c1-8-6-9(17(2)14-8)10-13-15-16-18(10)7-12(11(19)20)4-3-5-12/h6H,3-5,7H2,1-2H3,(H,19,20). The Labute approximate surface area is 115 Å². The van der Waals surface area contributed by atoms with Crippen LogP contribution in [0.25, 0.3) is 11.5 Å². The van der Waals surface area contributed by atoms with Gasteiger partial charge in [0.2, 0.25) is 0 Å². The van der Waals surface area contributed by atoms with Gasteiger partial charge >= 0.3 is 5.97 Å². The monoisotopic (exact) mass is 276 g/mol. The van der Waals surface area contributed by atoms with Crippen LogP contribution < -0.4 is 0 Å². The largest absolute Gasteiger partial charge is 0.481 e. The summed E-state index contributed by atoms with van der Waals surface area (Å²) in [5, 5.41) is 25.3. The number of aliphatic carboxylic acids is 1. The lowest BCUT2D eigenvalue weighted by Crippen LogP contribution is -2.42. The summed E-state index contributed by atoms with van der Waals surface area (Å²) in [5.41, 5.74) is 0.929. The van der Waals surface area contributed by atoms with Crippen molar-refractivity contribution in [2.75, 3.05) is 0 Å². The number of aromatic nitrogens is 6. The topological polar surface area (TPSA) is 98.7 Å². The number of carboxylic acid groups (broad SMARTS) is 1. The number of aryl methyl sites for hydroxylation is 2. The summed E-state index contributed by atoms with van der Waals surface area (Å²) in [6.45, 7) is 2.19. The molecule has 8 nitrogen and oxygen atoms in total. The van der Waals surface area contributed by atoms with E-state index in [0.717, 1.165) is 17.8 Å². The molecule has 0 radical (unpaired) electrons. The molecule has 2 heterocycles. The van der Waals surface area contributed by atoms with E-state index in [1.165, 1.54) is 0 Å². The van der Waals surface area contributed by atoms with Crippen LogP contribution in [-0.2, 0) is 18.4 Å². The zero-order valence-electron chi connectivity index (χ0n) is 11.4. The van der Waals surface area contributed by atoms with E-state index in [4.69, 9.17) is 0 Å². The fourth-order valence-corrected chi connectivity index (χ4v) is 2.64. The Kier molecular flexibility index (Phi) is 2.81. The second-order valence-electron chi connectivity index (χ2n) is 5.39. The van der Waals surface area contributed by atoms with Gasteiger partial charge in [-0.3, -0.25) is 9.48 Å². The first-order valence-electron chi connectivity index (χ1n) is 6.52. The number of rotatable bonds is 4. The van der Waals surface area contributed by atoms with Crippen LogP contribution in [0.2, 0.25) is 0 Å². The number of hydrogen-bond acceptors (Lipinski definition) is 5. The van der Waals surface area contributed by atoms with Crippen molar-refractivity contribution in [3.8, 4) is 11.5 Å². The molecule has 1 aliphatic rings. The van der Waals surface area contributed by atoms with Gasteiger partial charge in [-0.05, 0) is 36.3 Å². The Bertz CT molecular complexity index is 655. The SMILES string of the molecule is Cc1cc(-c2nnnn2CC2(C(=O)O)CCC2)n(C)n1. The van der Waals surface area contributed by atoms with Gasteiger partial charge in [-0.1, -0.05) is 6.42 Å². The van der Waals surface area contributed by atoms with Crippen molar-refractivity contribution in [2.45, 2.75) is 32.7 Å². The molecule has 106 valence electrons. The second-order valence-corrected chi connectivity index (χ2v) is 5.39. The molecule has 8 heteroatoms. The van der Waals surface area contributed by atoms with Crippen molar-refractivity contribution in [3.05, 3.63) is 11.8 Å². The minimum atomic E-state index is -0.772. The van der Waals surface area contributed by atoms with Gasteiger partial charge < -0.3 is 5.11 Å². The maximum absolute atomic E-state index is 11.4. The minimum Gasteiger partial charge on any atom is -0.481 e. The van der Waals surface area contributed by atoms with E-state index >= 15 is 0 Å². The molecule has 1 N–H and O–H groups in total. The fraction of sp³-hybridized carbons (Fsp3) is 0.583. The van der Waals surface area contributed by atoms with Gasteiger partial charge in [0.1, 0.15) is 5.69 Å². The molecular formula is C12H16N6O2. The average Bonchev–Trinajstić information content (AvgIpc) is 2.89. The molecule has 3 rings (SSSR count). The molecule has 2 aromatic rings. The molecule has 20 heavy (non-hydrogen) atoms. The summed E-state index contributed by atoms with van der Waals surface area (Å²) >= 11 is 0. The van der Waals surface area contributed by atoms with Crippen LogP contribution in [0.1, 0.15) is 25.0 Å².